The third-order valence-corrected chi connectivity index (χ3v) is 5.50. The van der Waals surface area contributed by atoms with E-state index in [-0.39, 0.29) is 28.0 Å². The minimum atomic E-state index is -4.60. The van der Waals surface area contributed by atoms with Gasteiger partial charge in [-0.3, -0.25) is 14.5 Å². The van der Waals surface area contributed by atoms with Crippen molar-refractivity contribution in [2.45, 2.75) is 6.18 Å². The van der Waals surface area contributed by atoms with Gasteiger partial charge in [0.1, 0.15) is 5.69 Å². The summed E-state index contributed by atoms with van der Waals surface area (Å²) in [4.78, 5) is 21.0. The number of phenols is 2. The monoisotopic (exact) mass is 452 g/mol. The first-order chi connectivity index (χ1) is 14.2. The van der Waals surface area contributed by atoms with E-state index in [0.717, 1.165) is 5.38 Å². The zero-order chi connectivity index (χ0) is 21.5. The second-order valence-corrected chi connectivity index (χ2v) is 7.67. The smallest absolute Gasteiger partial charge is 0.434 e. The third-order valence-electron chi connectivity index (χ3n) is 3.99. The number of hydrogen-bond donors (Lipinski definition) is 3. The van der Waals surface area contributed by atoms with Crippen LogP contribution in [-0.2, 0) is 6.18 Å². The van der Waals surface area contributed by atoms with Crippen LogP contribution in [0.15, 0.2) is 35.2 Å². The second kappa shape index (κ2) is 7.46. The highest BCUT2D eigenvalue weighted by molar-refractivity contribution is 7.15. The van der Waals surface area contributed by atoms with Crippen molar-refractivity contribution >= 4 is 50.8 Å². The summed E-state index contributed by atoms with van der Waals surface area (Å²) in [6.07, 6.45) is -0.0720. The molecule has 0 aliphatic rings. The molecule has 0 aliphatic carbocycles. The number of amides is 1. The van der Waals surface area contributed by atoms with Crippen LogP contribution in [0.2, 0.25) is 0 Å². The van der Waals surface area contributed by atoms with E-state index in [1.165, 1.54) is 40.0 Å². The molecule has 0 fully saturated rings. The van der Waals surface area contributed by atoms with Gasteiger partial charge in [0.05, 0.1) is 5.69 Å². The summed E-state index contributed by atoms with van der Waals surface area (Å²) in [6, 6.07) is 4.41. The van der Waals surface area contributed by atoms with Gasteiger partial charge in [-0.15, -0.1) is 22.7 Å². The fourth-order valence-electron chi connectivity index (χ4n) is 2.61. The average molecular weight is 452 g/mol. The number of aromatic nitrogens is 3. The van der Waals surface area contributed by atoms with Crippen LogP contribution in [0.5, 0.6) is 11.5 Å². The molecule has 0 saturated heterocycles. The summed E-state index contributed by atoms with van der Waals surface area (Å²) >= 11 is 1.93. The van der Waals surface area contributed by atoms with Crippen molar-refractivity contribution in [3.05, 3.63) is 57.8 Å². The van der Waals surface area contributed by atoms with E-state index >= 15 is 0 Å². The van der Waals surface area contributed by atoms with Gasteiger partial charge in [0.15, 0.2) is 27.3 Å². The number of imidazole rings is 1. The van der Waals surface area contributed by atoms with E-state index in [1.807, 2.05) is 0 Å². The van der Waals surface area contributed by atoms with Gasteiger partial charge in [0.25, 0.3) is 5.91 Å². The van der Waals surface area contributed by atoms with Crippen molar-refractivity contribution in [1.29, 1.82) is 0 Å². The van der Waals surface area contributed by atoms with E-state index in [2.05, 4.69) is 15.3 Å². The van der Waals surface area contributed by atoms with Crippen molar-refractivity contribution in [2.24, 2.45) is 0 Å². The van der Waals surface area contributed by atoms with Gasteiger partial charge in [-0.25, -0.2) is 9.97 Å². The first-order valence-electron chi connectivity index (χ1n) is 8.22. The van der Waals surface area contributed by atoms with Crippen LogP contribution in [0, 0.1) is 0 Å². The maximum Gasteiger partial charge on any atom is 0.434 e. The Morgan fingerprint density at radius 3 is 2.70 bits per heavy atom. The number of anilines is 1. The van der Waals surface area contributed by atoms with E-state index < -0.39 is 17.8 Å². The van der Waals surface area contributed by atoms with Gasteiger partial charge in [0.2, 0.25) is 0 Å². The first-order valence-corrected chi connectivity index (χ1v) is 9.98. The highest BCUT2D eigenvalue weighted by atomic mass is 32.1. The number of rotatable bonds is 4. The number of carbonyl (C=O) groups is 1. The minimum Gasteiger partial charge on any atom is -0.504 e. The van der Waals surface area contributed by atoms with Gasteiger partial charge in [-0.2, -0.15) is 13.2 Å². The Kier molecular flexibility index (Phi) is 4.95. The molecule has 4 aromatic rings. The molecular formula is C18H11F3N4O3S2. The molecule has 0 radical (unpaired) electrons. The van der Waals surface area contributed by atoms with E-state index in [0.29, 0.717) is 21.9 Å². The van der Waals surface area contributed by atoms with Gasteiger partial charge < -0.3 is 10.2 Å². The number of fused-ring (bicyclic) bond motifs is 1. The van der Waals surface area contributed by atoms with Crippen molar-refractivity contribution in [1.82, 2.24) is 14.4 Å². The molecule has 7 nitrogen and oxygen atoms in total. The lowest BCUT2D eigenvalue weighted by Gasteiger charge is -2.03. The van der Waals surface area contributed by atoms with Crippen LogP contribution >= 0.6 is 22.7 Å². The number of aromatic hydroxyl groups is 2. The Labute approximate surface area is 174 Å². The molecule has 3 aromatic heterocycles. The van der Waals surface area contributed by atoms with Crippen LogP contribution in [0.1, 0.15) is 27.4 Å². The predicted molar refractivity (Wildman–Crippen MR) is 107 cm³/mol. The van der Waals surface area contributed by atoms with Crippen molar-refractivity contribution in [2.75, 3.05) is 5.32 Å². The molecule has 0 bridgehead atoms. The molecule has 0 atom stereocenters. The average Bonchev–Trinajstić information content (AvgIpc) is 3.38. The lowest BCUT2D eigenvalue weighted by molar-refractivity contribution is -0.140. The molecule has 1 aromatic carbocycles. The lowest BCUT2D eigenvalue weighted by atomic mass is 10.1. The number of benzene rings is 1. The number of carbonyl (C=O) groups excluding carboxylic acids is 1. The van der Waals surface area contributed by atoms with E-state index in [9.17, 15) is 28.2 Å². The zero-order valence-electron chi connectivity index (χ0n) is 14.7. The normalized spacial score (nSPS) is 12.1. The maximum absolute atomic E-state index is 12.8. The molecule has 4 rings (SSSR count). The highest BCUT2D eigenvalue weighted by Gasteiger charge is 2.34. The Hall–Kier alpha value is -3.38. The Morgan fingerprint density at radius 1 is 1.17 bits per heavy atom. The van der Waals surface area contributed by atoms with Crippen molar-refractivity contribution in [3.8, 4) is 11.5 Å². The third kappa shape index (κ3) is 3.74. The fraction of sp³-hybridized carbons (Fsp3) is 0.0556. The predicted octanol–water partition coefficient (Wildman–Crippen LogP) is 4.71. The van der Waals surface area contributed by atoms with Crippen LogP contribution < -0.4 is 5.32 Å². The van der Waals surface area contributed by atoms with E-state index in [1.54, 1.807) is 17.6 Å². The molecule has 154 valence electrons. The largest absolute Gasteiger partial charge is 0.504 e. The van der Waals surface area contributed by atoms with Crippen molar-refractivity contribution in [3.63, 3.8) is 0 Å². The number of nitrogens with zero attached hydrogens (tertiary/aromatic N) is 3. The van der Waals surface area contributed by atoms with Crippen LogP contribution in [0.4, 0.5) is 18.3 Å². The zero-order valence-corrected chi connectivity index (χ0v) is 16.3. The number of hydrogen-bond acceptors (Lipinski definition) is 7. The summed E-state index contributed by atoms with van der Waals surface area (Å²) < 4.78 is 39.7. The van der Waals surface area contributed by atoms with Gasteiger partial charge >= 0.3 is 6.18 Å². The van der Waals surface area contributed by atoms with Crippen LogP contribution in [0.3, 0.4) is 0 Å². The summed E-state index contributed by atoms with van der Waals surface area (Å²) in [6.45, 7) is 0. The standard InChI is InChI=1S/C18H11F3N4O3S2/c19-18(20,21)12-8-30-16(23-12)24-15(28)13-10(22-17-25(13)6-7-29-17)5-4-9-2-1-3-11(26)14(9)27/h1-8,26-27H,(H,23,24,28). The van der Waals surface area contributed by atoms with Gasteiger partial charge in [0, 0.05) is 22.5 Å². The quantitative estimate of drug-likeness (QED) is 0.390. The first kappa shape index (κ1) is 19.9. The number of halogens is 3. The van der Waals surface area contributed by atoms with Crippen molar-refractivity contribution < 1.29 is 28.2 Å². The van der Waals surface area contributed by atoms with Crippen LogP contribution in [-0.4, -0.2) is 30.5 Å². The summed E-state index contributed by atoms with van der Waals surface area (Å²) in [5, 5.41) is 24.2. The van der Waals surface area contributed by atoms with Gasteiger partial charge in [-0.05, 0) is 18.2 Å². The number of thiazole rings is 2. The molecule has 12 heteroatoms. The van der Waals surface area contributed by atoms with Crippen LogP contribution in [0.25, 0.3) is 17.1 Å². The van der Waals surface area contributed by atoms with E-state index in [4.69, 9.17) is 0 Å². The molecule has 3 N–H and O–H groups in total. The minimum absolute atomic E-state index is 0.0888. The molecule has 0 saturated carbocycles. The SMILES string of the molecule is O=C(Nc1nc(C(F)(F)F)cs1)c1c(C=Cc2cccc(O)c2O)nc2sccn12. The number of phenolic OH excluding ortho intramolecular Hbond substituents is 2. The Bertz CT molecular complexity index is 1270. The van der Waals surface area contributed by atoms with Gasteiger partial charge in [-0.1, -0.05) is 12.1 Å². The number of nitrogens with one attached hydrogen (secondary N) is 1. The molecule has 0 unspecified atom stereocenters. The molecular weight excluding hydrogens is 441 g/mol. The maximum atomic E-state index is 12.8. The molecule has 0 spiro atoms. The summed E-state index contributed by atoms with van der Waals surface area (Å²) in [5.74, 6) is -1.32. The second-order valence-electron chi connectivity index (χ2n) is 5.94. The molecule has 1 amide bonds. The molecule has 0 aliphatic heterocycles. The Balaban J connectivity index is 1.67. The Morgan fingerprint density at radius 2 is 1.97 bits per heavy atom. The highest BCUT2D eigenvalue weighted by Crippen LogP contribution is 2.32. The topological polar surface area (TPSA) is 99.8 Å². The summed E-state index contributed by atoms with van der Waals surface area (Å²) in [7, 11) is 0. The summed E-state index contributed by atoms with van der Waals surface area (Å²) in [5.41, 5.74) is -0.468. The molecule has 3 heterocycles. The lowest BCUT2D eigenvalue weighted by Crippen LogP contribution is -2.15. The number of para-hydroxylation sites is 1. The number of alkyl halides is 3. The molecule has 30 heavy (non-hydrogen) atoms. The fourth-order valence-corrected chi connectivity index (χ4v) is 4.05.